The minimum Gasteiger partial charge on any atom is -0.312 e. The Kier molecular flexibility index (Phi) is 16.7. The highest BCUT2D eigenvalue weighted by Gasteiger charge is 2.04. The van der Waals surface area contributed by atoms with E-state index in [1.165, 1.54) is 0 Å². The summed E-state index contributed by atoms with van der Waals surface area (Å²) >= 11 is 16.8. The lowest BCUT2D eigenvalue weighted by atomic mass is 10.1. The Morgan fingerprint density at radius 1 is 1.00 bits per heavy atom. The molecule has 0 bridgehead atoms. The van der Waals surface area contributed by atoms with Crippen LogP contribution in [0.5, 0.6) is 0 Å². The molecule has 1 unspecified atom stereocenters. The SMILES string of the molecule is Cl.ClCCCCC(CCl)NCCCl. The quantitative estimate of drug-likeness (QED) is 0.526. The van der Waals surface area contributed by atoms with Gasteiger partial charge in [0.05, 0.1) is 0 Å². The fourth-order valence-electron chi connectivity index (χ4n) is 0.978. The molecule has 0 rings (SSSR count). The highest BCUT2D eigenvalue weighted by atomic mass is 35.5. The van der Waals surface area contributed by atoms with E-state index in [0.29, 0.717) is 17.8 Å². The Hall–Kier alpha value is 1.12. The van der Waals surface area contributed by atoms with Crippen LogP contribution in [-0.4, -0.2) is 30.2 Å². The smallest absolute Gasteiger partial charge is 0.0377 e. The van der Waals surface area contributed by atoms with Gasteiger partial charge in [-0.15, -0.1) is 47.2 Å². The zero-order valence-electron chi connectivity index (χ0n) is 7.57. The molecule has 0 spiro atoms. The molecule has 0 amide bonds. The van der Waals surface area contributed by atoms with E-state index in [9.17, 15) is 0 Å². The van der Waals surface area contributed by atoms with Gasteiger partial charge in [-0.25, -0.2) is 0 Å². The second-order valence-corrected chi connectivity index (χ2v) is 3.74. The fourth-order valence-corrected chi connectivity index (χ4v) is 1.54. The van der Waals surface area contributed by atoms with Crippen molar-refractivity contribution in [3.63, 3.8) is 0 Å². The van der Waals surface area contributed by atoms with Gasteiger partial charge in [0.1, 0.15) is 0 Å². The third-order valence-electron chi connectivity index (χ3n) is 1.65. The first-order valence-corrected chi connectivity index (χ1v) is 5.86. The van der Waals surface area contributed by atoms with Crippen LogP contribution in [0, 0.1) is 0 Å². The maximum atomic E-state index is 5.74. The van der Waals surface area contributed by atoms with E-state index >= 15 is 0 Å². The first-order valence-electron chi connectivity index (χ1n) is 4.26. The largest absolute Gasteiger partial charge is 0.312 e. The molecule has 0 saturated carbocycles. The van der Waals surface area contributed by atoms with Crippen molar-refractivity contribution in [3.05, 3.63) is 0 Å². The molecule has 0 aliphatic carbocycles. The van der Waals surface area contributed by atoms with Gasteiger partial charge in [0.2, 0.25) is 0 Å². The molecule has 0 aliphatic heterocycles. The molecule has 0 aromatic rings. The average molecular weight is 269 g/mol. The molecular weight excluding hydrogens is 252 g/mol. The van der Waals surface area contributed by atoms with Gasteiger partial charge in [0, 0.05) is 30.2 Å². The predicted octanol–water partition coefficient (Wildman–Crippen LogP) is 3.25. The van der Waals surface area contributed by atoms with Crippen LogP contribution in [0.2, 0.25) is 0 Å². The first-order chi connectivity index (χ1) is 5.85. The molecular formula is C8H17Cl4N. The first kappa shape index (κ1) is 16.5. The second-order valence-electron chi connectivity index (χ2n) is 2.68. The maximum absolute atomic E-state index is 5.74. The fraction of sp³-hybridized carbons (Fsp3) is 1.00. The summed E-state index contributed by atoms with van der Waals surface area (Å²) in [5.41, 5.74) is 0. The molecule has 0 aliphatic rings. The molecule has 0 aromatic carbocycles. The monoisotopic (exact) mass is 267 g/mol. The molecule has 1 nitrogen and oxygen atoms in total. The van der Waals surface area contributed by atoms with Crippen LogP contribution >= 0.6 is 47.2 Å². The number of hydrogen-bond donors (Lipinski definition) is 1. The van der Waals surface area contributed by atoms with Crippen LogP contribution in [0.15, 0.2) is 0 Å². The van der Waals surface area contributed by atoms with Crippen LogP contribution in [0.4, 0.5) is 0 Å². The van der Waals surface area contributed by atoms with Crippen molar-refractivity contribution in [2.45, 2.75) is 25.3 Å². The van der Waals surface area contributed by atoms with Crippen LogP contribution in [0.3, 0.4) is 0 Å². The molecule has 82 valence electrons. The third kappa shape index (κ3) is 11.0. The Labute approximate surface area is 102 Å². The standard InChI is InChI=1S/C8H16Cl3N.ClH/c9-4-2-1-3-8(7-11)12-6-5-10;/h8,12H,1-7H2;1H. The van der Waals surface area contributed by atoms with Crippen molar-refractivity contribution in [1.29, 1.82) is 0 Å². The minimum atomic E-state index is 0. The van der Waals surface area contributed by atoms with Crippen molar-refractivity contribution in [2.24, 2.45) is 0 Å². The third-order valence-corrected chi connectivity index (χ3v) is 2.48. The summed E-state index contributed by atoms with van der Waals surface area (Å²) in [6.07, 6.45) is 3.29. The zero-order valence-corrected chi connectivity index (χ0v) is 10.7. The lowest BCUT2D eigenvalue weighted by Gasteiger charge is -2.14. The Morgan fingerprint density at radius 2 is 1.69 bits per heavy atom. The molecule has 1 N–H and O–H groups in total. The molecule has 13 heavy (non-hydrogen) atoms. The number of halogens is 4. The molecule has 1 atom stereocenters. The van der Waals surface area contributed by atoms with E-state index in [1.807, 2.05) is 0 Å². The topological polar surface area (TPSA) is 12.0 Å². The van der Waals surface area contributed by atoms with Crippen molar-refractivity contribution in [1.82, 2.24) is 5.32 Å². The summed E-state index contributed by atoms with van der Waals surface area (Å²) in [7, 11) is 0. The average Bonchev–Trinajstić information content (AvgIpc) is 2.11. The molecule has 0 heterocycles. The van der Waals surface area contributed by atoms with E-state index in [2.05, 4.69) is 5.32 Å². The van der Waals surface area contributed by atoms with E-state index < -0.39 is 0 Å². The van der Waals surface area contributed by atoms with E-state index in [4.69, 9.17) is 34.8 Å². The van der Waals surface area contributed by atoms with E-state index in [0.717, 1.165) is 31.7 Å². The molecule has 0 fully saturated rings. The summed E-state index contributed by atoms with van der Waals surface area (Å²) < 4.78 is 0. The number of unbranched alkanes of at least 4 members (excludes halogenated alkanes) is 1. The van der Waals surface area contributed by atoms with E-state index in [1.54, 1.807) is 0 Å². The Balaban J connectivity index is 0. The lowest BCUT2D eigenvalue weighted by Crippen LogP contribution is -2.32. The Bertz CT molecular complexity index is 92.2. The summed E-state index contributed by atoms with van der Waals surface area (Å²) in [5.74, 6) is 2.03. The number of nitrogens with one attached hydrogen (secondary N) is 1. The second kappa shape index (κ2) is 13.1. The highest BCUT2D eigenvalue weighted by molar-refractivity contribution is 6.18. The normalized spacial score (nSPS) is 12.2. The molecule has 0 saturated heterocycles. The number of alkyl halides is 3. The van der Waals surface area contributed by atoms with Crippen molar-refractivity contribution in [3.8, 4) is 0 Å². The number of hydrogen-bond acceptors (Lipinski definition) is 1. The van der Waals surface area contributed by atoms with Crippen LogP contribution in [0.1, 0.15) is 19.3 Å². The van der Waals surface area contributed by atoms with Crippen molar-refractivity contribution >= 4 is 47.2 Å². The van der Waals surface area contributed by atoms with Gasteiger partial charge >= 0.3 is 0 Å². The summed E-state index contributed by atoms with van der Waals surface area (Å²) in [4.78, 5) is 0. The molecule has 0 radical (unpaired) electrons. The van der Waals surface area contributed by atoms with Gasteiger partial charge < -0.3 is 5.32 Å². The van der Waals surface area contributed by atoms with Gasteiger partial charge in [-0.1, -0.05) is 6.42 Å². The lowest BCUT2D eigenvalue weighted by molar-refractivity contribution is 0.515. The maximum Gasteiger partial charge on any atom is 0.0377 e. The van der Waals surface area contributed by atoms with Crippen molar-refractivity contribution in [2.75, 3.05) is 24.2 Å². The summed E-state index contributed by atoms with van der Waals surface area (Å²) in [5, 5.41) is 3.27. The van der Waals surface area contributed by atoms with Crippen LogP contribution in [-0.2, 0) is 0 Å². The van der Waals surface area contributed by atoms with Gasteiger partial charge in [-0.3, -0.25) is 0 Å². The van der Waals surface area contributed by atoms with Crippen LogP contribution in [0.25, 0.3) is 0 Å². The van der Waals surface area contributed by atoms with Gasteiger partial charge in [-0.2, -0.15) is 0 Å². The molecule has 0 aromatic heterocycles. The molecule has 5 heteroatoms. The zero-order chi connectivity index (χ0) is 9.23. The summed E-state index contributed by atoms with van der Waals surface area (Å²) in [6, 6.07) is 0.397. The highest BCUT2D eigenvalue weighted by Crippen LogP contribution is 2.03. The van der Waals surface area contributed by atoms with Gasteiger partial charge in [-0.05, 0) is 12.8 Å². The van der Waals surface area contributed by atoms with Crippen molar-refractivity contribution < 1.29 is 0 Å². The van der Waals surface area contributed by atoms with Crippen LogP contribution < -0.4 is 5.32 Å². The van der Waals surface area contributed by atoms with Gasteiger partial charge in [0.15, 0.2) is 0 Å². The summed E-state index contributed by atoms with van der Waals surface area (Å²) in [6.45, 7) is 0.833. The van der Waals surface area contributed by atoms with E-state index in [-0.39, 0.29) is 12.4 Å². The van der Waals surface area contributed by atoms with Gasteiger partial charge in [0.25, 0.3) is 0 Å². The number of rotatable bonds is 8. The predicted molar refractivity (Wildman–Crippen MR) is 65.0 cm³/mol. The Morgan fingerprint density at radius 3 is 2.15 bits per heavy atom. The minimum absolute atomic E-state index is 0.